The van der Waals surface area contributed by atoms with E-state index < -0.39 is 0 Å². The fraction of sp³-hybridized carbons (Fsp3) is 0.0909. The Hall–Kier alpha value is -3.02. The summed E-state index contributed by atoms with van der Waals surface area (Å²) in [4.78, 5) is 24.4. The molecule has 0 bridgehead atoms. The summed E-state index contributed by atoms with van der Waals surface area (Å²) < 4.78 is 0. The number of rotatable bonds is 6. The van der Waals surface area contributed by atoms with Gasteiger partial charge in [0, 0.05) is 22.0 Å². The fourth-order valence-electron chi connectivity index (χ4n) is 2.64. The van der Waals surface area contributed by atoms with Gasteiger partial charge in [-0.15, -0.1) is 0 Å². The van der Waals surface area contributed by atoms with Crippen LogP contribution in [0.25, 0.3) is 0 Å². The summed E-state index contributed by atoms with van der Waals surface area (Å²) in [6, 6.07) is 19.3. The van der Waals surface area contributed by atoms with Crippen LogP contribution in [0.3, 0.4) is 0 Å². The van der Waals surface area contributed by atoms with Gasteiger partial charge in [-0.2, -0.15) is 0 Å². The van der Waals surface area contributed by atoms with Crippen LogP contribution in [0.15, 0.2) is 66.7 Å². The van der Waals surface area contributed by atoms with E-state index in [1.54, 1.807) is 48.5 Å². The zero-order valence-corrected chi connectivity index (χ0v) is 17.1. The molecule has 0 aliphatic heterocycles. The Morgan fingerprint density at radius 3 is 2.21 bits per heavy atom. The molecule has 3 aromatic carbocycles. The van der Waals surface area contributed by atoms with Crippen molar-refractivity contribution in [1.82, 2.24) is 0 Å². The molecule has 0 aliphatic rings. The van der Waals surface area contributed by atoms with Gasteiger partial charge in [-0.1, -0.05) is 40.9 Å². The zero-order valence-electron chi connectivity index (χ0n) is 15.6. The number of hydrogen-bond donors (Lipinski definition) is 3. The lowest BCUT2D eigenvalue weighted by molar-refractivity contribution is -0.114. The van der Waals surface area contributed by atoms with E-state index in [9.17, 15) is 9.59 Å². The molecule has 0 saturated heterocycles. The fourth-order valence-corrected chi connectivity index (χ4v) is 3.12. The number of anilines is 3. The third-order valence-electron chi connectivity index (χ3n) is 4.08. The first-order valence-electron chi connectivity index (χ1n) is 8.87. The van der Waals surface area contributed by atoms with Crippen molar-refractivity contribution in [2.75, 3.05) is 22.5 Å². The van der Waals surface area contributed by atoms with E-state index in [4.69, 9.17) is 23.2 Å². The third-order valence-corrected chi connectivity index (χ3v) is 4.63. The average molecular weight is 428 g/mol. The van der Waals surface area contributed by atoms with Gasteiger partial charge in [0.25, 0.3) is 5.91 Å². The minimum Gasteiger partial charge on any atom is -0.375 e. The second-order valence-corrected chi connectivity index (χ2v) is 7.27. The Balaban J connectivity index is 1.53. The summed E-state index contributed by atoms with van der Waals surface area (Å²) >= 11 is 11.9. The van der Waals surface area contributed by atoms with Gasteiger partial charge in [0.1, 0.15) is 0 Å². The number of nitrogens with one attached hydrogen (secondary N) is 3. The summed E-state index contributed by atoms with van der Waals surface area (Å²) in [5.74, 6) is -0.415. The highest BCUT2D eigenvalue weighted by atomic mass is 35.5. The van der Waals surface area contributed by atoms with Crippen LogP contribution >= 0.6 is 23.2 Å². The average Bonchev–Trinajstić information content (AvgIpc) is 2.69. The number of carbonyl (C=O) groups excluding carboxylic acids is 2. The number of carbonyl (C=O) groups is 2. The van der Waals surface area contributed by atoms with Crippen molar-refractivity contribution in [3.63, 3.8) is 0 Å². The van der Waals surface area contributed by atoms with Crippen molar-refractivity contribution in [3.05, 3.63) is 87.9 Å². The van der Waals surface area contributed by atoms with Crippen molar-refractivity contribution in [3.8, 4) is 0 Å². The molecule has 3 rings (SSSR count). The molecular weight excluding hydrogens is 409 g/mol. The van der Waals surface area contributed by atoms with E-state index in [0.29, 0.717) is 32.7 Å². The first kappa shape index (κ1) is 20.7. The molecule has 0 atom stereocenters. The van der Waals surface area contributed by atoms with Crippen LogP contribution in [0.4, 0.5) is 17.1 Å². The Kier molecular flexibility index (Phi) is 6.75. The van der Waals surface area contributed by atoms with E-state index in [0.717, 1.165) is 5.56 Å². The number of hydrogen-bond acceptors (Lipinski definition) is 3. The molecule has 3 aromatic rings. The van der Waals surface area contributed by atoms with E-state index in [1.165, 1.54) is 0 Å². The molecule has 3 N–H and O–H groups in total. The van der Waals surface area contributed by atoms with Gasteiger partial charge in [-0.05, 0) is 61.5 Å². The van der Waals surface area contributed by atoms with Crippen LogP contribution < -0.4 is 16.0 Å². The quantitative estimate of drug-likeness (QED) is 0.478. The molecular formula is C22H19Cl2N3O2. The lowest BCUT2D eigenvalue weighted by Crippen LogP contribution is -2.21. The number of halogens is 2. The standard InChI is InChI=1S/C22H19Cl2N3O2/c1-14-3-2-4-15(11-14)22(29)27-18-8-6-17(7-9-18)26-21(28)13-25-20-10-5-16(23)12-19(20)24/h2-12,25H,13H2,1H3,(H,26,28)(H,27,29). The van der Waals surface area contributed by atoms with Gasteiger partial charge in [-0.3, -0.25) is 9.59 Å². The first-order chi connectivity index (χ1) is 13.9. The molecule has 0 aromatic heterocycles. The van der Waals surface area contributed by atoms with Crippen molar-refractivity contribution in [2.45, 2.75) is 6.92 Å². The maximum Gasteiger partial charge on any atom is 0.255 e. The molecule has 148 valence electrons. The van der Waals surface area contributed by atoms with Gasteiger partial charge < -0.3 is 16.0 Å². The molecule has 0 unspecified atom stereocenters. The minimum absolute atomic E-state index is 0.0488. The molecule has 2 amide bonds. The summed E-state index contributed by atoms with van der Waals surface area (Å²) in [6.45, 7) is 1.98. The Bertz CT molecular complexity index is 1040. The van der Waals surface area contributed by atoms with Gasteiger partial charge in [0.05, 0.1) is 17.3 Å². The van der Waals surface area contributed by atoms with Crippen molar-refractivity contribution >= 4 is 52.1 Å². The highest BCUT2D eigenvalue weighted by molar-refractivity contribution is 6.36. The van der Waals surface area contributed by atoms with Crippen molar-refractivity contribution in [1.29, 1.82) is 0 Å². The molecule has 0 saturated carbocycles. The van der Waals surface area contributed by atoms with Gasteiger partial charge in [0.15, 0.2) is 0 Å². The first-order valence-corrected chi connectivity index (χ1v) is 9.63. The summed E-state index contributed by atoms with van der Waals surface area (Å²) in [7, 11) is 0. The van der Waals surface area contributed by atoms with Crippen LogP contribution in [0.2, 0.25) is 10.0 Å². The number of aryl methyl sites for hydroxylation is 1. The minimum atomic E-state index is -0.229. The predicted octanol–water partition coefficient (Wildman–Crippen LogP) is 5.60. The van der Waals surface area contributed by atoms with Gasteiger partial charge >= 0.3 is 0 Å². The zero-order chi connectivity index (χ0) is 20.8. The van der Waals surface area contributed by atoms with E-state index in [1.807, 2.05) is 25.1 Å². The Morgan fingerprint density at radius 1 is 0.862 bits per heavy atom. The van der Waals surface area contributed by atoms with Crippen LogP contribution in [-0.4, -0.2) is 18.4 Å². The second kappa shape index (κ2) is 9.45. The molecule has 0 heterocycles. The lowest BCUT2D eigenvalue weighted by atomic mass is 10.1. The summed E-state index contributed by atoms with van der Waals surface area (Å²) in [6.07, 6.45) is 0. The second-order valence-electron chi connectivity index (χ2n) is 6.43. The maximum absolute atomic E-state index is 12.3. The van der Waals surface area contributed by atoms with E-state index in [2.05, 4.69) is 16.0 Å². The smallest absolute Gasteiger partial charge is 0.255 e. The topological polar surface area (TPSA) is 70.2 Å². The summed E-state index contributed by atoms with van der Waals surface area (Å²) in [5, 5.41) is 9.54. The summed E-state index contributed by atoms with van der Waals surface area (Å²) in [5.41, 5.74) is 3.49. The van der Waals surface area contributed by atoms with Crippen molar-refractivity contribution < 1.29 is 9.59 Å². The van der Waals surface area contributed by atoms with Crippen LogP contribution in [0.1, 0.15) is 15.9 Å². The number of benzene rings is 3. The molecule has 5 nitrogen and oxygen atoms in total. The Labute approximate surface area is 179 Å². The maximum atomic E-state index is 12.3. The van der Waals surface area contributed by atoms with E-state index in [-0.39, 0.29) is 18.4 Å². The molecule has 0 aliphatic carbocycles. The molecule has 7 heteroatoms. The third kappa shape index (κ3) is 5.98. The van der Waals surface area contributed by atoms with Crippen LogP contribution in [0.5, 0.6) is 0 Å². The molecule has 29 heavy (non-hydrogen) atoms. The van der Waals surface area contributed by atoms with Gasteiger partial charge in [0.2, 0.25) is 5.91 Å². The monoisotopic (exact) mass is 427 g/mol. The lowest BCUT2D eigenvalue weighted by Gasteiger charge is -2.10. The molecule has 0 radical (unpaired) electrons. The van der Waals surface area contributed by atoms with E-state index >= 15 is 0 Å². The van der Waals surface area contributed by atoms with Gasteiger partial charge in [-0.25, -0.2) is 0 Å². The number of amides is 2. The SMILES string of the molecule is Cc1cccc(C(=O)Nc2ccc(NC(=O)CNc3ccc(Cl)cc3Cl)cc2)c1. The predicted molar refractivity (Wildman–Crippen MR) is 119 cm³/mol. The Morgan fingerprint density at radius 2 is 1.55 bits per heavy atom. The highest BCUT2D eigenvalue weighted by Crippen LogP contribution is 2.25. The molecule has 0 spiro atoms. The van der Waals surface area contributed by atoms with Crippen molar-refractivity contribution in [2.24, 2.45) is 0 Å². The van der Waals surface area contributed by atoms with Crippen LogP contribution in [0, 0.1) is 6.92 Å². The normalized spacial score (nSPS) is 10.3. The highest BCUT2D eigenvalue weighted by Gasteiger charge is 2.08. The van der Waals surface area contributed by atoms with Crippen LogP contribution in [-0.2, 0) is 4.79 Å². The largest absolute Gasteiger partial charge is 0.375 e. The molecule has 0 fully saturated rings.